The summed E-state index contributed by atoms with van der Waals surface area (Å²) in [6, 6.07) is 5.02. The molecule has 1 aliphatic carbocycles. The predicted octanol–water partition coefficient (Wildman–Crippen LogP) is 3.38. The molecule has 2 aliphatic rings. The number of phenols is 1. The van der Waals surface area contributed by atoms with E-state index in [1.807, 2.05) is 17.9 Å². The van der Waals surface area contributed by atoms with Crippen molar-refractivity contribution in [1.29, 1.82) is 0 Å². The van der Waals surface area contributed by atoms with Gasteiger partial charge in [0.25, 0.3) is 5.91 Å². The number of carbonyl (C=O) groups excluding carboxylic acids is 2. The topological polar surface area (TPSA) is 97.3 Å². The fourth-order valence-electron chi connectivity index (χ4n) is 3.63. The summed E-state index contributed by atoms with van der Waals surface area (Å²) in [7, 11) is 1.30. The second-order valence-corrected chi connectivity index (χ2v) is 7.53. The second-order valence-electron chi connectivity index (χ2n) is 7.53. The van der Waals surface area contributed by atoms with Crippen LogP contribution in [0, 0.1) is 0 Å². The summed E-state index contributed by atoms with van der Waals surface area (Å²) in [6.45, 7) is 3.11. The smallest absolute Gasteiger partial charge is 0.406 e. The minimum absolute atomic E-state index is 0. The van der Waals surface area contributed by atoms with E-state index in [0.29, 0.717) is 12.4 Å². The summed E-state index contributed by atoms with van der Waals surface area (Å²) in [4.78, 5) is 26.1. The van der Waals surface area contributed by atoms with E-state index < -0.39 is 6.09 Å². The number of nitrogens with one attached hydrogen (secondary N) is 1. The summed E-state index contributed by atoms with van der Waals surface area (Å²) in [6.07, 6.45) is 3.85. The third-order valence-corrected chi connectivity index (χ3v) is 5.29. The van der Waals surface area contributed by atoms with E-state index in [1.54, 1.807) is 6.07 Å². The highest BCUT2D eigenvalue weighted by Gasteiger charge is 2.40. The average Bonchev–Trinajstić information content (AvgIpc) is 3.56. The van der Waals surface area contributed by atoms with Gasteiger partial charge < -0.3 is 29.5 Å². The molecule has 1 aliphatic heterocycles. The second kappa shape index (κ2) is 11.1. The maximum absolute atomic E-state index is 13.1. The van der Waals surface area contributed by atoms with Crippen LogP contribution in [0.3, 0.4) is 0 Å². The molecule has 0 bridgehead atoms. The molecule has 1 aromatic rings. The van der Waals surface area contributed by atoms with Crippen molar-refractivity contribution in [3.05, 3.63) is 23.8 Å². The van der Waals surface area contributed by atoms with Crippen LogP contribution in [0.15, 0.2) is 18.2 Å². The van der Waals surface area contributed by atoms with Crippen LogP contribution in [0.1, 0.15) is 58.1 Å². The maximum Gasteiger partial charge on any atom is 0.406 e. The highest BCUT2D eigenvalue weighted by Crippen LogP contribution is 2.37. The third-order valence-electron chi connectivity index (χ3n) is 5.29. The molecule has 168 valence electrons. The van der Waals surface area contributed by atoms with Crippen LogP contribution in [-0.2, 0) is 14.3 Å². The molecule has 1 saturated heterocycles. The highest BCUT2D eigenvalue weighted by atomic mass is 16.5. The number of hydrogen-bond acceptors (Lipinski definition) is 6. The first-order valence-corrected chi connectivity index (χ1v) is 10.2. The fourth-order valence-corrected chi connectivity index (χ4v) is 3.63. The van der Waals surface area contributed by atoms with Gasteiger partial charge in [0.05, 0.1) is 19.7 Å². The Hall–Kier alpha value is -2.48. The zero-order chi connectivity index (χ0) is 20.8. The fraction of sp³-hybridized carbons (Fsp3) is 0.636. The summed E-state index contributed by atoms with van der Waals surface area (Å²) in [5, 5.41) is 12.7. The van der Waals surface area contributed by atoms with Crippen molar-refractivity contribution < 1.29 is 28.9 Å². The van der Waals surface area contributed by atoms with Gasteiger partial charge in [0.1, 0.15) is 24.2 Å². The van der Waals surface area contributed by atoms with Crippen molar-refractivity contribution in [2.75, 3.05) is 26.9 Å². The van der Waals surface area contributed by atoms with Gasteiger partial charge in [0, 0.05) is 18.7 Å². The van der Waals surface area contributed by atoms with Gasteiger partial charge in [-0.15, -0.1) is 0 Å². The molecule has 30 heavy (non-hydrogen) atoms. The van der Waals surface area contributed by atoms with Crippen molar-refractivity contribution in [3.63, 3.8) is 0 Å². The van der Waals surface area contributed by atoms with E-state index in [1.165, 1.54) is 13.2 Å². The maximum atomic E-state index is 13.1. The van der Waals surface area contributed by atoms with Gasteiger partial charge in [0.2, 0.25) is 0 Å². The molecule has 3 rings (SSSR count). The standard InChI is InChI=1S/C21H30N2O6.CH4/c1-14(23(16-6-7-16)20(25)19-5-3-4-9-29-19)15-11-17(24)13-18(12-15)28-10-8-22-21(26)27-2;/h11-14,16,19,24H,3-10H2,1-2H3,(H,22,26);1H4/t14-,19-;/m1./s1. The van der Waals surface area contributed by atoms with Gasteiger partial charge in [-0.25, -0.2) is 4.79 Å². The largest absolute Gasteiger partial charge is 0.508 e. The molecular weight excluding hydrogens is 388 g/mol. The number of alkyl carbamates (subject to hydrolysis) is 1. The monoisotopic (exact) mass is 422 g/mol. The Morgan fingerprint density at radius 1 is 1.27 bits per heavy atom. The van der Waals surface area contributed by atoms with E-state index in [-0.39, 0.29) is 50.4 Å². The molecule has 8 heteroatoms. The number of amides is 2. The number of rotatable bonds is 8. The number of methoxy groups -OCH3 is 1. The minimum atomic E-state index is -0.526. The molecule has 2 fully saturated rings. The van der Waals surface area contributed by atoms with Crippen LogP contribution in [0.25, 0.3) is 0 Å². The lowest BCUT2D eigenvalue weighted by Crippen LogP contribution is -2.44. The first kappa shape index (κ1) is 23.8. The first-order valence-electron chi connectivity index (χ1n) is 10.2. The summed E-state index contributed by atoms with van der Waals surface area (Å²) < 4.78 is 15.9. The van der Waals surface area contributed by atoms with E-state index in [0.717, 1.165) is 37.7 Å². The minimum Gasteiger partial charge on any atom is -0.508 e. The molecule has 2 atom stereocenters. The number of phenolic OH excluding ortho intramolecular Hbond substituents is 1. The Morgan fingerprint density at radius 3 is 2.67 bits per heavy atom. The molecule has 2 N–H and O–H groups in total. The number of aromatic hydroxyl groups is 1. The number of hydrogen-bond donors (Lipinski definition) is 2. The molecule has 0 spiro atoms. The number of nitrogens with zero attached hydrogens (tertiary/aromatic N) is 1. The Labute approximate surface area is 178 Å². The highest BCUT2D eigenvalue weighted by molar-refractivity contribution is 5.82. The first-order chi connectivity index (χ1) is 14.0. The molecule has 2 amide bonds. The number of ether oxygens (including phenoxy) is 3. The van der Waals surface area contributed by atoms with E-state index in [9.17, 15) is 14.7 Å². The van der Waals surface area contributed by atoms with Crippen LogP contribution in [0.4, 0.5) is 4.79 Å². The Balaban J connectivity index is 0.00000320. The van der Waals surface area contributed by atoms with E-state index in [2.05, 4.69) is 10.1 Å². The normalized spacial score (nSPS) is 19.2. The van der Waals surface area contributed by atoms with E-state index in [4.69, 9.17) is 9.47 Å². The van der Waals surface area contributed by atoms with Crippen molar-refractivity contribution in [1.82, 2.24) is 10.2 Å². The predicted molar refractivity (Wildman–Crippen MR) is 113 cm³/mol. The number of carbonyl (C=O) groups is 2. The van der Waals surface area contributed by atoms with Gasteiger partial charge in [-0.3, -0.25) is 4.79 Å². The third kappa shape index (κ3) is 6.26. The quantitative estimate of drug-likeness (QED) is 0.624. The van der Waals surface area contributed by atoms with Gasteiger partial charge in [-0.2, -0.15) is 0 Å². The van der Waals surface area contributed by atoms with Gasteiger partial charge in [0.15, 0.2) is 0 Å². The molecule has 1 aromatic carbocycles. The lowest BCUT2D eigenvalue weighted by atomic mass is 10.0. The number of benzene rings is 1. The van der Waals surface area contributed by atoms with Gasteiger partial charge >= 0.3 is 6.09 Å². The van der Waals surface area contributed by atoms with Gasteiger partial charge in [-0.05, 0) is 56.7 Å². The Bertz CT molecular complexity index is 716. The molecular formula is C22H34N2O6. The molecule has 1 heterocycles. The van der Waals surface area contributed by atoms with Crippen LogP contribution >= 0.6 is 0 Å². The SMILES string of the molecule is C.COC(=O)NCCOc1cc(O)cc([C@@H](C)N(C(=O)[C@H]2CCCCO2)C2CC2)c1. The molecule has 0 radical (unpaired) electrons. The van der Waals surface area contributed by atoms with Crippen molar-refractivity contribution in [2.45, 2.75) is 64.6 Å². The van der Waals surface area contributed by atoms with Crippen molar-refractivity contribution in [3.8, 4) is 11.5 Å². The van der Waals surface area contributed by atoms with Crippen LogP contribution in [0.5, 0.6) is 11.5 Å². The molecule has 0 aromatic heterocycles. The Morgan fingerprint density at radius 2 is 2.03 bits per heavy atom. The summed E-state index contributed by atoms with van der Waals surface area (Å²) >= 11 is 0. The lowest BCUT2D eigenvalue weighted by Gasteiger charge is -2.34. The lowest BCUT2D eigenvalue weighted by molar-refractivity contribution is -0.149. The van der Waals surface area contributed by atoms with Crippen LogP contribution in [0.2, 0.25) is 0 Å². The molecule has 1 saturated carbocycles. The van der Waals surface area contributed by atoms with E-state index >= 15 is 0 Å². The van der Waals surface area contributed by atoms with Crippen molar-refractivity contribution >= 4 is 12.0 Å². The van der Waals surface area contributed by atoms with Gasteiger partial charge in [-0.1, -0.05) is 7.43 Å². The van der Waals surface area contributed by atoms with Crippen LogP contribution < -0.4 is 10.1 Å². The summed E-state index contributed by atoms with van der Waals surface area (Å²) in [5.41, 5.74) is 0.803. The Kier molecular flexibility index (Phi) is 8.77. The zero-order valence-corrected chi connectivity index (χ0v) is 17.1. The zero-order valence-electron chi connectivity index (χ0n) is 17.1. The summed E-state index contributed by atoms with van der Waals surface area (Å²) in [5.74, 6) is 0.589. The van der Waals surface area contributed by atoms with Crippen molar-refractivity contribution in [2.24, 2.45) is 0 Å². The van der Waals surface area contributed by atoms with Crippen LogP contribution in [-0.4, -0.2) is 61.0 Å². The molecule has 0 unspecified atom stereocenters. The molecule has 8 nitrogen and oxygen atoms in total. The average molecular weight is 423 g/mol.